The number of likely N-dealkylation sites (tertiary alicyclic amines) is 1. The van der Waals surface area contributed by atoms with E-state index in [1.807, 2.05) is 59.5 Å². The number of carbonyl (C=O) groups is 1. The lowest BCUT2D eigenvalue weighted by atomic mass is 10.0. The molecule has 1 atom stereocenters. The molecule has 1 amide bonds. The molecule has 1 aromatic heterocycles. The summed E-state index contributed by atoms with van der Waals surface area (Å²) in [4.78, 5) is 27.2. The third-order valence-electron chi connectivity index (χ3n) is 5.42. The summed E-state index contributed by atoms with van der Waals surface area (Å²) in [5.41, 5.74) is 1.07. The molecule has 7 nitrogen and oxygen atoms in total. The molecule has 3 aromatic rings. The highest BCUT2D eigenvalue weighted by atomic mass is 16.5. The van der Waals surface area contributed by atoms with E-state index >= 15 is 0 Å². The minimum Gasteiger partial charge on any atom is -0.497 e. The molecule has 0 spiro atoms. The number of para-hydroxylation sites is 1. The van der Waals surface area contributed by atoms with Gasteiger partial charge < -0.3 is 14.4 Å². The minimum atomic E-state index is -0.263. The number of amides is 1. The van der Waals surface area contributed by atoms with Crippen molar-refractivity contribution in [1.82, 2.24) is 14.7 Å². The SMILES string of the molecule is COc1ccc([C@@H]2CCCN2C(=O)c2ccc(=O)n(CCOc3ccccc3)n2)cc1. The molecule has 1 saturated heterocycles. The Kier molecular flexibility index (Phi) is 6.31. The fourth-order valence-electron chi connectivity index (χ4n) is 3.82. The van der Waals surface area contributed by atoms with E-state index in [9.17, 15) is 9.59 Å². The maximum Gasteiger partial charge on any atom is 0.274 e. The Bertz CT molecular complexity index is 1080. The van der Waals surface area contributed by atoms with Gasteiger partial charge in [-0.15, -0.1) is 0 Å². The molecule has 0 radical (unpaired) electrons. The molecule has 0 aliphatic carbocycles. The van der Waals surface area contributed by atoms with E-state index in [4.69, 9.17) is 9.47 Å². The van der Waals surface area contributed by atoms with Gasteiger partial charge in [0.1, 0.15) is 23.8 Å². The fourth-order valence-corrected chi connectivity index (χ4v) is 3.82. The summed E-state index contributed by atoms with van der Waals surface area (Å²) in [6, 6.07) is 20.0. The topological polar surface area (TPSA) is 73.7 Å². The predicted octanol–water partition coefficient (Wildman–Crippen LogP) is 3.31. The van der Waals surface area contributed by atoms with Crippen LogP contribution in [0.15, 0.2) is 71.5 Å². The zero-order chi connectivity index (χ0) is 21.6. The van der Waals surface area contributed by atoms with Gasteiger partial charge in [-0.05, 0) is 48.7 Å². The van der Waals surface area contributed by atoms with Crippen molar-refractivity contribution < 1.29 is 14.3 Å². The molecule has 2 aromatic carbocycles. The minimum absolute atomic E-state index is 0.0120. The number of rotatable bonds is 7. The van der Waals surface area contributed by atoms with Crippen molar-refractivity contribution in [2.45, 2.75) is 25.4 Å². The number of hydrogen-bond acceptors (Lipinski definition) is 5. The van der Waals surface area contributed by atoms with E-state index in [1.165, 1.54) is 16.8 Å². The van der Waals surface area contributed by atoms with Crippen molar-refractivity contribution in [3.63, 3.8) is 0 Å². The van der Waals surface area contributed by atoms with E-state index in [0.29, 0.717) is 6.54 Å². The number of methoxy groups -OCH3 is 1. The van der Waals surface area contributed by atoms with E-state index in [0.717, 1.165) is 29.9 Å². The van der Waals surface area contributed by atoms with Gasteiger partial charge in [-0.25, -0.2) is 4.68 Å². The lowest BCUT2D eigenvalue weighted by Gasteiger charge is -2.25. The average Bonchev–Trinajstić information content (AvgIpc) is 3.30. The van der Waals surface area contributed by atoms with Crippen LogP contribution in [0.3, 0.4) is 0 Å². The van der Waals surface area contributed by atoms with Crippen molar-refractivity contribution in [2.75, 3.05) is 20.3 Å². The maximum atomic E-state index is 13.2. The largest absolute Gasteiger partial charge is 0.497 e. The fraction of sp³-hybridized carbons (Fsp3) is 0.292. The summed E-state index contributed by atoms with van der Waals surface area (Å²) in [6.07, 6.45) is 1.82. The monoisotopic (exact) mass is 419 g/mol. The molecule has 7 heteroatoms. The van der Waals surface area contributed by atoms with Crippen LogP contribution in [0.1, 0.15) is 34.9 Å². The van der Waals surface area contributed by atoms with Crippen LogP contribution in [0.5, 0.6) is 11.5 Å². The van der Waals surface area contributed by atoms with Crippen molar-refractivity contribution >= 4 is 5.91 Å². The summed E-state index contributed by atoms with van der Waals surface area (Å²) in [5.74, 6) is 1.34. The summed E-state index contributed by atoms with van der Waals surface area (Å²) < 4.78 is 12.2. The average molecular weight is 419 g/mol. The number of carbonyl (C=O) groups excluding carboxylic acids is 1. The molecular weight excluding hydrogens is 394 g/mol. The Labute approximate surface area is 180 Å². The molecule has 31 heavy (non-hydrogen) atoms. The van der Waals surface area contributed by atoms with Crippen LogP contribution in [-0.2, 0) is 6.54 Å². The molecular formula is C24H25N3O4. The van der Waals surface area contributed by atoms with E-state index in [-0.39, 0.29) is 36.4 Å². The number of nitrogens with zero attached hydrogens (tertiary/aromatic N) is 3. The van der Waals surface area contributed by atoms with Crippen molar-refractivity contribution in [3.05, 3.63) is 88.3 Å². The van der Waals surface area contributed by atoms with Crippen LogP contribution in [-0.4, -0.2) is 40.8 Å². The highest BCUT2D eigenvalue weighted by Gasteiger charge is 2.31. The smallest absolute Gasteiger partial charge is 0.274 e. The quantitative estimate of drug-likeness (QED) is 0.587. The van der Waals surface area contributed by atoms with Crippen molar-refractivity contribution in [1.29, 1.82) is 0 Å². The second-order valence-corrected chi connectivity index (χ2v) is 7.37. The Hall–Kier alpha value is -3.61. The normalized spacial score (nSPS) is 15.6. The van der Waals surface area contributed by atoms with Crippen molar-refractivity contribution in [3.8, 4) is 11.5 Å². The van der Waals surface area contributed by atoms with Gasteiger partial charge in [0.25, 0.3) is 11.5 Å². The summed E-state index contributed by atoms with van der Waals surface area (Å²) in [7, 11) is 1.63. The first-order valence-electron chi connectivity index (χ1n) is 10.4. The molecule has 0 saturated carbocycles. The van der Waals surface area contributed by atoms with Gasteiger partial charge >= 0.3 is 0 Å². The third-order valence-corrected chi connectivity index (χ3v) is 5.42. The van der Waals surface area contributed by atoms with Crippen LogP contribution in [0.2, 0.25) is 0 Å². The lowest BCUT2D eigenvalue weighted by Crippen LogP contribution is -2.34. The second kappa shape index (κ2) is 9.47. The lowest BCUT2D eigenvalue weighted by molar-refractivity contribution is 0.0726. The number of benzene rings is 2. The van der Waals surface area contributed by atoms with Crippen LogP contribution >= 0.6 is 0 Å². The standard InChI is InChI=1S/C24H25N3O4/c1-30-19-11-9-18(10-12-19)22-8-5-15-26(22)24(29)21-13-14-23(28)27(25-21)16-17-31-20-6-3-2-4-7-20/h2-4,6-7,9-14,22H,5,8,15-17H2,1H3/t22-/m0/s1. The first kappa shape index (κ1) is 20.7. The molecule has 0 N–H and O–H groups in total. The molecule has 0 unspecified atom stereocenters. The molecule has 1 aliphatic heterocycles. The molecule has 4 rings (SSSR count). The van der Waals surface area contributed by atoms with Gasteiger partial charge in [0.05, 0.1) is 19.7 Å². The molecule has 1 fully saturated rings. The summed E-state index contributed by atoms with van der Waals surface area (Å²) in [5, 5.41) is 4.32. The highest BCUT2D eigenvalue weighted by Crippen LogP contribution is 2.33. The zero-order valence-corrected chi connectivity index (χ0v) is 17.4. The van der Waals surface area contributed by atoms with Gasteiger partial charge in [-0.2, -0.15) is 5.10 Å². The van der Waals surface area contributed by atoms with Gasteiger partial charge in [0, 0.05) is 12.6 Å². The zero-order valence-electron chi connectivity index (χ0n) is 17.4. The molecule has 2 heterocycles. The Balaban J connectivity index is 1.47. The Morgan fingerprint density at radius 1 is 1.03 bits per heavy atom. The van der Waals surface area contributed by atoms with Crippen LogP contribution < -0.4 is 15.0 Å². The molecule has 0 bridgehead atoms. The first-order chi connectivity index (χ1) is 15.2. The number of aromatic nitrogens is 2. The number of hydrogen-bond donors (Lipinski definition) is 0. The van der Waals surface area contributed by atoms with Gasteiger partial charge in [-0.3, -0.25) is 9.59 Å². The van der Waals surface area contributed by atoms with Crippen LogP contribution in [0, 0.1) is 0 Å². The third kappa shape index (κ3) is 4.77. The summed E-state index contributed by atoms with van der Waals surface area (Å²) >= 11 is 0. The second-order valence-electron chi connectivity index (χ2n) is 7.37. The van der Waals surface area contributed by atoms with E-state index in [1.54, 1.807) is 7.11 Å². The van der Waals surface area contributed by atoms with Gasteiger partial charge in [0.2, 0.25) is 0 Å². The molecule has 160 valence electrons. The van der Waals surface area contributed by atoms with Gasteiger partial charge in [0.15, 0.2) is 0 Å². The summed E-state index contributed by atoms with van der Waals surface area (Å²) in [6.45, 7) is 1.21. The molecule has 1 aliphatic rings. The highest BCUT2D eigenvalue weighted by molar-refractivity contribution is 5.92. The Morgan fingerprint density at radius 3 is 2.55 bits per heavy atom. The maximum absolute atomic E-state index is 13.2. The van der Waals surface area contributed by atoms with E-state index in [2.05, 4.69) is 5.10 Å². The van der Waals surface area contributed by atoms with Crippen LogP contribution in [0.25, 0.3) is 0 Å². The van der Waals surface area contributed by atoms with Crippen molar-refractivity contribution in [2.24, 2.45) is 0 Å². The Morgan fingerprint density at radius 2 is 1.81 bits per heavy atom. The first-order valence-corrected chi connectivity index (χ1v) is 10.4. The van der Waals surface area contributed by atoms with E-state index < -0.39 is 0 Å². The van der Waals surface area contributed by atoms with Gasteiger partial charge in [-0.1, -0.05) is 30.3 Å². The predicted molar refractivity (Wildman–Crippen MR) is 116 cm³/mol. The number of ether oxygens (including phenoxy) is 2. The van der Waals surface area contributed by atoms with Crippen LogP contribution in [0.4, 0.5) is 0 Å².